The van der Waals surface area contributed by atoms with E-state index in [1.165, 1.54) is 11.8 Å². The van der Waals surface area contributed by atoms with Crippen LogP contribution in [0.4, 0.5) is 0 Å². The highest BCUT2D eigenvalue weighted by molar-refractivity contribution is 7.98. The molecule has 3 amide bonds. The van der Waals surface area contributed by atoms with Gasteiger partial charge in [-0.25, -0.2) is 4.79 Å². The number of aliphatic hydroxyl groups excluding tert-OH is 1. The number of aliphatic hydroxyl groups is 1. The Morgan fingerprint density at radius 2 is 1.24 bits per heavy atom. The Morgan fingerprint density at radius 1 is 0.784 bits per heavy atom. The van der Waals surface area contributed by atoms with Gasteiger partial charge in [0.15, 0.2) is 11.9 Å². The highest BCUT2D eigenvalue weighted by Gasteiger charge is 2.29. The highest BCUT2D eigenvalue weighted by Crippen LogP contribution is 2.05. The number of aliphatic carboxylic acids is 1. The monoisotopic (exact) mass is 548 g/mol. The Bertz CT molecular complexity index is 804. The van der Waals surface area contributed by atoms with Crippen molar-refractivity contribution >= 4 is 47.4 Å². The van der Waals surface area contributed by atoms with Crippen molar-refractivity contribution in [1.82, 2.24) is 16.0 Å². The van der Waals surface area contributed by atoms with Gasteiger partial charge in [0.2, 0.25) is 17.7 Å². The minimum atomic E-state index is -1.38. The molecule has 16 nitrogen and oxygen atoms in total. The van der Waals surface area contributed by atoms with Crippen LogP contribution in [0, 0.1) is 0 Å². The Labute approximate surface area is 219 Å². The van der Waals surface area contributed by atoms with Crippen molar-refractivity contribution in [2.24, 2.45) is 38.7 Å². The second kappa shape index (κ2) is 18.9. The van der Waals surface area contributed by atoms with E-state index >= 15 is 0 Å². The molecule has 0 fully saturated rings. The summed E-state index contributed by atoms with van der Waals surface area (Å²) in [5, 5.41) is 26.3. The molecule has 0 bridgehead atoms. The Morgan fingerprint density at radius 3 is 1.70 bits per heavy atom. The van der Waals surface area contributed by atoms with Gasteiger partial charge in [-0.1, -0.05) is 0 Å². The van der Waals surface area contributed by atoms with Crippen LogP contribution in [0.25, 0.3) is 0 Å². The molecule has 0 aromatic heterocycles. The Balaban J connectivity index is 5.39. The van der Waals surface area contributed by atoms with Crippen LogP contribution in [-0.2, 0) is 19.2 Å². The first-order valence-corrected chi connectivity index (χ1v) is 12.9. The molecule has 0 aromatic carbocycles. The molecule has 0 spiro atoms. The van der Waals surface area contributed by atoms with E-state index in [1.807, 2.05) is 6.26 Å². The summed E-state index contributed by atoms with van der Waals surface area (Å²) in [5.41, 5.74) is 26.9. The maximum absolute atomic E-state index is 12.9. The van der Waals surface area contributed by atoms with Crippen LogP contribution in [0.2, 0.25) is 0 Å². The lowest BCUT2D eigenvalue weighted by atomic mass is 10.1. The Hall–Kier alpha value is -3.31. The van der Waals surface area contributed by atoms with Crippen molar-refractivity contribution in [3.05, 3.63) is 0 Å². The number of hydrogen-bond acceptors (Lipinski definition) is 9. The highest BCUT2D eigenvalue weighted by atomic mass is 32.2. The van der Waals surface area contributed by atoms with Crippen LogP contribution in [-0.4, -0.2) is 102 Å². The predicted molar refractivity (Wildman–Crippen MR) is 141 cm³/mol. The molecule has 15 N–H and O–H groups in total. The molecule has 0 heterocycles. The summed E-state index contributed by atoms with van der Waals surface area (Å²) in [4.78, 5) is 57.1. The van der Waals surface area contributed by atoms with Crippen LogP contribution < -0.4 is 44.6 Å². The van der Waals surface area contributed by atoms with Gasteiger partial charge in [0.05, 0.1) is 12.6 Å². The summed E-state index contributed by atoms with van der Waals surface area (Å²) in [6.45, 7) is -0.442. The number of amides is 3. The van der Waals surface area contributed by atoms with Crippen molar-refractivity contribution in [3.8, 4) is 0 Å². The number of thioether (sulfide) groups is 1. The van der Waals surface area contributed by atoms with Crippen LogP contribution in [0.3, 0.4) is 0 Å². The fourth-order valence-electron chi connectivity index (χ4n) is 2.93. The van der Waals surface area contributed by atoms with E-state index in [0.717, 1.165) is 0 Å². The maximum atomic E-state index is 12.9. The summed E-state index contributed by atoms with van der Waals surface area (Å²) in [6.07, 6.45) is 2.80. The van der Waals surface area contributed by atoms with Crippen molar-refractivity contribution in [2.45, 2.75) is 56.3 Å². The summed E-state index contributed by atoms with van der Waals surface area (Å²) in [7, 11) is 0. The fourth-order valence-corrected chi connectivity index (χ4v) is 3.42. The maximum Gasteiger partial charge on any atom is 0.326 e. The van der Waals surface area contributed by atoms with Crippen molar-refractivity contribution in [2.75, 3.05) is 31.7 Å². The quantitative estimate of drug-likeness (QED) is 0.0416. The lowest BCUT2D eigenvalue weighted by Crippen LogP contribution is -2.58. The second-order valence-electron chi connectivity index (χ2n) is 7.99. The van der Waals surface area contributed by atoms with E-state index in [9.17, 15) is 29.4 Å². The molecule has 0 aliphatic carbocycles. The summed E-state index contributed by atoms with van der Waals surface area (Å²) in [5.74, 6) is -3.24. The van der Waals surface area contributed by atoms with Gasteiger partial charge in [0.1, 0.15) is 18.1 Å². The van der Waals surface area contributed by atoms with Crippen molar-refractivity contribution in [1.29, 1.82) is 0 Å². The normalized spacial score (nSPS) is 13.8. The number of rotatable bonds is 19. The lowest BCUT2D eigenvalue weighted by molar-refractivity contribution is -0.142. The largest absolute Gasteiger partial charge is 0.480 e. The molecule has 0 aliphatic rings. The third kappa shape index (κ3) is 15.4. The number of carboxylic acids is 1. The predicted octanol–water partition coefficient (Wildman–Crippen LogP) is -4.29. The topological polar surface area (TPSA) is 300 Å². The first-order valence-electron chi connectivity index (χ1n) is 11.5. The number of hydrogen-bond donors (Lipinski definition) is 10. The van der Waals surface area contributed by atoms with Crippen LogP contribution in [0.5, 0.6) is 0 Å². The third-order valence-corrected chi connectivity index (χ3v) is 5.57. The van der Waals surface area contributed by atoms with Crippen LogP contribution in [0.15, 0.2) is 9.98 Å². The molecule has 0 radical (unpaired) electrons. The van der Waals surface area contributed by atoms with Crippen molar-refractivity contribution in [3.63, 3.8) is 0 Å². The summed E-state index contributed by atoms with van der Waals surface area (Å²) >= 11 is 1.50. The van der Waals surface area contributed by atoms with Gasteiger partial charge in [0, 0.05) is 13.1 Å². The van der Waals surface area contributed by atoms with E-state index in [2.05, 4.69) is 25.9 Å². The number of carboxylic acid groups (broad SMARTS) is 1. The zero-order valence-electron chi connectivity index (χ0n) is 20.9. The number of guanidine groups is 2. The third-order valence-electron chi connectivity index (χ3n) is 4.92. The standard InChI is InChI=1S/C20H40N10O6S/c1-37-9-6-11(21)15(32)30-14(10-31)17(34)28-12(4-2-7-26-19(22)23)16(33)29-13(18(35)36)5-3-8-27-20(24)25/h11-14,31H,2-10,21H2,1H3,(H,28,34)(H,29,33)(H,30,32)(H,35,36)(H4,22,23,26)(H4,24,25,27). The van der Waals surface area contributed by atoms with E-state index in [4.69, 9.17) is 28.7 Å². The molecule has 0 saturated heterocycles. The molecule has 17 heteroatoms. The average molecular weight is 549 g/mol. The van der Waals surface area contributed by atoms with Crippen LogP contribution >= 0.6 is 11.8 Å². The van der Waals surface area contributed by atoms with Gasteiger partial charge in [-0.3, -0.25) is 24.4 Å². The number of nitrogens with zero attached hydrogens (tertiary/aromatic N) is 2. The van der Waals surface area contributed by atoms with Gasteiger partial charge in [-0.15, -0.1) is 0 Å². The fraction of sp³-hybridized carbons (Fsp3) is 0.700. The van der Waals surface area contributed by atoms with E-state index < -0.39 is 54.5 Å². The van der Waals surface area contributed by atoms with Crippen LogP contribution in [0.1, 0.15) is 32.1 Å². The zero-order valence-corrected chi connectivity index (χ0v) is 21.7. The molecule has 37 heavy (non-hydrogen) atoms. The molecule has 0 aliphatic heterocycles. The van der Waals surface area contributed by atoms with E-state index in [-0.39, 0.29) is 50.7 Å². The molecule has 0 saturated carbocycles. The molecule has 0 aromatic rings. The van der Waals surface area contributed by atoms with Gasteiger partial charge >= 0.3 is 5.97 Å². The second-order valence-corrected chi connectivity index (χ2v) is 8.98. The first-order chi connectivity index (χ1) is 17.4. The SMILES string of the molecule is CSCCC(N)C(=O)NC(CO)C(=O)NC(CCCN=C(N)N)C(=O)NC(CCCN=C(N)N)C(=O)O. The molecule has 4 unspecified atom stereocenters. The average Bonchev–Trinajstić information content (AvgIpc) is 2.83. The number of carbonyl (C=O) groups is 4. The van der Waals surface area contributed by atoms with E-state index in [1.54, 1.807) is 0 Å². The van der Waals surface area contributed by atoms with Gasteiger partial charge in [-0.2, -0.15) is 11.8 Å². The van der Waals surface area contributed by atoms with Gasteiger partial charge in [-0.05, 0) is 44.1 Å². The van der Waals surface area contributed by atoms with Crippen molar-refractivity contribution < 1.29 is 29.4 Å². The smallest absolute Gasteiger partial charge is 0.326 e. The zero-order chi connectivity index (χ0) is 28.4. The summed E-state index contributed by atoms with van der Waals surface area (Å²) in [6, 6.07) is -4.75. The number of nitrogens with two attached hydrogens (primary N) is 5. The first kappa shape index (κ1) is 33.7. The molecular formula is C20H40N10O6S. The number of nitrogens with one attached hydrogen (secondary N) is 3. The number of carbonyl (C=O) groups excluding carboxylic acids is 3. The molecule has 4 atom stereocenters. The van der Waals surface area contributed by atoms with E-state index in [0.29, 0.717) is 12.2 Å². The van der Waals surface area contributed by atoms with Gasteiger partial charge < -0.3 is 54.8 Å². The lowest BCUT2D eigenvalue weighted by Gasteiger charge is -2.24. The minimum Gasteiger partial charge on any atom is -0.480 e. The molecule has 212 valence electrons. The molecular weight excluding hydrogens is 508 g/mol. The minimum absolute atomic E-state index is 0.0236. The Kier molecular flexibility index (Phi) is 17.2. The van der Waals surface area contributed by atoms with Gasteiger partial charge in [0.25, 0.3) is 0 Å². The number of aliphatic imine (C=N–C) groups is 2. The molecule has 0 rings (SSSR count). The summed E-state index contributed by atoms with van der Waals surface area (Å²) < 4.78 is 0.